The van der Waals surface area contributed by atoms with Crippen molar-refractivity contribution in [2.75, 3.05) is 11.4 Å². The van der Waals surface area contributed by atoms with Gasteiger partial charge in [-0.3, -0.25) is 0 Å². The van der Waals surface area contributed by atoms with Gasteiger partial charge in [0, 0.05) is 12.2 Å². The van der Waals surface area contributed by atoms with Crippen molar-refractivity contribution in [2.24, 2.45) is 0 Å². The van der Waals surface area contributed by atoms with Crippen molar-refractivity contribution in [3.8, 4) is 0 Å². The van der Waals surface area contributed by atoms with E-state index in [4.69, 9.17) is 0 Å². The first-order chi connectivity index (χ1) is 7.68. The minimum Gasteiger partial charge on any atom is -0.388 e. The zero-order valence-corrected chi connectivity index (χ0v) is 9.82. The van der Waals surface area contributed by atoms with Gasteiger partial charge in [0.05, 0.1) is 11.6 Å². The van der Waals surface area contributed by atoms with Crippen LogP contribution in [-0.2, 0) is 6.42 Å². The van der Waals surface area contributed by atoms with Crippen LogP contribution in [0, 0.1) is 0 Å². The summed E-state index contributed by atoms with van der Waals surface area (Å²) in [6.45, 7) is 3.07. The maximum absolute atomic E-state index is 10.2. The van der Waals surface area contributed by atoms with E-state index in [0.29, 0.717) is 6.04 Å². The van der Waals surface area contributed by atoms with Crippen LogP contribution in [0.25, 0.3) is 0 Å². The van der Waals surface area contributed by atoms with Crippen molar-refractivity contribution >= 4 is 5.69 Å². The Hall–Kier alpha value is -1.02. The fourth-order valence-corrected chi connectivity index (χ4v) is 3.07. The van der Waals surface area contributed by atoms with Crippen molar-refractivity contribution < 1.29 is 5.11 Å². The summed E-state index contributed by atoms with van der Waals surface area (Å²) < 4.78 is 0. The number of anilines is 1. The first-order valence-corrected chi connectivity index (χ1v) is 6.25. The smallest absolute Gasteiger partial charge is 0.0822 e. The summed E-state index contributed by atoms with van der Waals surface area (Å²) in [6.07, 6.45) is 4.46. The van der Waals surface area contributed by atoms with Gasteiger partial charge >= 0.3 is 0 Å². The van der Waals surface area contributed by atoms with Crippen LogP contribution in [0.15, 0.2) is 24.3 Å². The van der Waals surface area contributed by atoms with Gasteiger partial charge in [-0.25, -0.2) is 0 Å². The summed E-state index contributed by atoms with van der Waals surface area (Å²) in [5, 5.41) is 10.2. The van der Waals surface area contributed by atoms with Crippen molar-refractivity contribution in [3.05, 3.63) is 29.8 Å². The number of fused-ring (bicyclic) bond motifs is 1. The normalized spacial score (nSPS) is 33.1. The fourth-order valence-electron chi connectivity index (χ4n) is 3.07. The molecule has 86 valence electrons. The molecule has 1 aromatic rings. The lowest BCUT2D eigenvalue weighted by atomic mass is 9.74. The molecule has 0 aromatic heterocycles. The molecule has 1 heterocycles. The van der Waals surface area contributed by atoms with E-state index in [1.165, 1.54) is 24.1 Å². The molecule has 2 nitrogen and oxygen atoms in total. The van der Waals surface area contributed by atoms with E-state index in [9.17, 15) is 5.11 Å². The minimum atomic E-state index is -0.482. The second kappa shape index (κ2) is 3.49. The molecular weight excluding hydrogens is 198 g/mol. The first-order valence-electron chi connectivity index (χ1n) is 6.25. The zero-order valence-electron chi connectivity index (χ0n) is 9.82. The largest absolute Gasteiger partial charge is 0.388 e. The molecular formula is C14H19NO. The summed E-state index contributed by atoms with van der Waals surface area (Å²) in [5.74, 6) is 0. The molecule has 0 radical (unpaired) electrons. The van der Waals surface area contributed by atoms with Crippen LogP contribution in [-0.4, -0.2) is 23.3 Å². The standard InChI is InChI=1S/C14H19NO/c1-14(16)9-8-13(14)15-10-4-6-11-5-2-3-7-12(11)15/h2-3,5,7,13,16H,4,6,8-10H2,1H3/t13-,14-/m0/s1. The molecule has 2 atom stereocenters. The van der Waals surface area contributed by atoms with Crippen LogP contribution in [0.5, 0.6) is 0 Å². The van der Waals surface area contributed by atoms with Crippen LogP contribution < -0.4 is 4.90 Å². The molecule has 1 aliphatic heterocycles. The Morgan fingerprint density at radius 1 is 1.38 bits per heavy atom. The summed E-state index contributed by atoms with van der Waals surface area (Å²) in [6, 6.07) is 8.96. The molecule has 0 amide bonds. The van der Waals surface area contributed by atoms with Gasteiger partial charge < -0.3 is 10.0 Å². The summed E-state index contributed by atoms with van der Waals surface area (Å²) >= 11 is 0. The number of rotatable bonds is 1. The van der Waals surface area contributed by atoms with Crippen molar-refractivity contribution in [1.29, 1.82) is 0 Å². The first kappa shape index (κ1) is 10.2. The maximum Gasteiger partial charge on any atom is 0.0822 e. The second-order valence-corrected chi connectivity index (χ2v) is 5.34. The molecule has 1 saturated carbocycles. The highest BCUT2D eigenvalue weighted by atomic mass is 16.3. The van der Waals surface area contributed by atoms with Gasteiger partial charge in [0.15, 0.2) is 0 Å². The number of aliphatic hydroxyl groups is 1. The van der Waals surface area contributed by atoms with Crippen molar-refractivity contribution in [2.45, 2.75) is 44.2 Å². The van der Waals surface area contributed by atoms with Crippen molar-refractivity contribution in [1.82, 2.24) is 0 Å². The van der Waals surface area contributed by atoms with E-state index in [1.807, 2.05) is 6.92 Å². The molecule has 3 rings (SSSR count). The number of hydrogen-bond acceptors (Lipinski definition) is 2. The highest BCUT2D eigenvalue weighted by Crippen LogP contribution is 2.40. The van der Waals surface area contributed by atoms with E-state index in [-0.39, 0.29) is 0 Å². The highest BCUT2D eigenvalue weighted by molar-refractivity contribution is 5.57. The average molecular weight is 217 g/mol. The van der Waals surface area contributed by atoms with Crippen LogP contribution in [0.2, 0.25) is 0 Å². The molecule has 1 aliphatic carbocycles. The van der Waals surface area contributed by atoms with E-state index < -0.39 is 5.60 Å². The third-order valence-corrected chi connectivity index (χ3v) is 4.16. The Morgan fingerprint density at radius 3 is 2.88 bits per heavy atom. The molecule has 16 heavy (non-hydrogen) atoms. The molecule has 2 heteroatoms. The molecule has 0 bridgehead atoms. The number of para-hydroxylation sites is 1. The second-order valence-electron chi connectivity index (χ2n) is 5.34. The Kier molecular flexibility index (Phi) is 2.21. The van der Waals surface area contributed by atoms with Gasteiger partial charge in [-0.2, -0.15) is 0 Å². The lowest BCUT2D eigenvalue weighted by molar-refractivity contribution is -0.0403. The average Bonchev–Trinajstić information content (AvgIpc) is 2.28. The summed E-state index contributed by atoms with van der Waals surface area (Å²) in [7, 11) is 0. The predicted molar refractivity (Wildman–Crippen MR) is 65.8 cm³/mol. The highest BCUT2D eigenvalue weighted by Gasteiger charge is 2.45. The Bertz CT molecular complexity index is 399. The van der Waals surface area contributed by atoms with Gasteiger partial charge in [0.1, 0.15) is 0 Å². The van der Waals surface area contributed by atoms with Gasteiger partial charge in [-0.1, -0.05) is 18.2 Å². The number of nitrogens with zero attached hydrogens (tertiary/aromatic N) is 1. The van der Waals surface area contributed by atoms with Crippen molar-refractivity contribution in [3.63, 3.8) is 0 Å². The molecule has 1 fully saturated rings. The zero-order chi connectivity index (χ0) is 11.2. The molecule has 1 aromatic carbocycles. The maximum atomic E-state index is 10.2. The van der Waals surface area contributed by atoms with Crippen LogP contribution in [0.1, 0.15) is 31.7 Å². The molecule has 0 unspecified atom stereocenters. The van der Waals surface area contributed by atoms with Crippen LogP contribution in [0.3, 0.4) is 0 Å². The minimum absolute atomic E-state index is 0.328. The van der Waals surface area contributed by atoms with E-state index in [0.717, 1.165) is 19.4 Å². The SMILES string of the molecule is C[C@]1(O)CC[C@@H]1N1CCCc2ccccc21. The Morgan fingerprint density at radius 2 is 2.19 bits per heavy atom. The summed E-state index contributed by atoms with van der Waals surface area (Å²) in [5.41, 5.74) is 2.31. The monoisotopic (exact) mass is 217 g/mol. The molecule has 2 aliphatic rings. The lowest BCUT2D eigenvalue weighted by Crippen LogP contribution is -2.59. The van der Waals surface area contributed by atoms with E-state index in [2.05, 4.69) is 29.2 Å². The Balaban J connectivity index is 1.93. The number of hydrogen-bond donors (Lipinski definition) is 1. The van der Waals surface area contributed by atoms with Crippen LogP contribution in [0.4, 0.5) is 5.69 Å². The molecule has 1 N–H and O–H groups in total. The lowest BCUT2D eigenvalue weighted by Gasteiger charge is -2.51. The van der Waals surface area contributed by atoms with Gasteiger partial charge in [0.2, 0.25) is 0 Å². The topological polar surface area (TPSA) is 23.5 Å². The van der Waals surface area contributed by atoms with E-state index in [1.54, 1.807) is 0 Å². The number of benzene rings is 1. The van der Waals surface area contributed by atoms with Gasteiger partial charge in [-0.15, -0.1) is 0 Å². The molecule has 0 spiro atoms. The van der Waals surface area contributed by atoms with E-state index >= 15 is 0 Å². The van der Waals surface area contributed by atoms with Gasteiger partial charge in [0.25, 0.3) is 0 Å². The van der Waals surface area contributed by atoms with Crippen LogP contribution >= 0.6 is 0 Å². The third kappa shape index (κ3) is 1.44. The molecule has 0 saturated heterocycles. The fraction of sp³-hybridized carbons (Fsp3) is 0.571. The third-order valence-electron chi connectivity index (χ3n) is 4.16. The van der Waals surface area contributed by atoms with Gasteiger partial charge in [-0.05, 0) is 44.2 Å². The quantitative estimate of drug-likeness (QED) is 0.780. The Labute approximate surface area is 96.9 Å². The predicted octanol–water partition coefficient (Wildman–Crippen LogP) is 2.35. The number of aryl methyl sites for hydroxylation is 1. The summed E-state index contributed by atoms with van der Waals surface area (Å²) in [4.78, 5) is 2.42.